The number of aliphatic carboxylic acids is 1. The molecular formula is C14H15F2NO3. The van der Waals surface area contributed by atoms with E-state index in [2.05, 4.69) is 0 Å². The lowest BCUT2D eigenvalue weighted by molar-refractivity contribution is -0.148. The summed E-state index contributed by atoms with van der Waals surface area (Å²) in [7, 11) is 1.33. The van der Waals surface area contributed by atoms with E-state index < -0.39 is 35.5 Å². The topological polar surface area (TPSA) is 57.6 Å². The van der Waals surface area contributed by atoms with E-state index in [0.717, 1.165) is 17.0 Å². The maximum absolute atomic E-state index is 13.9. The molecule has 0 aromatic heterocycles. The van der Waals surface area contributed by atoms with Crippen LogP contribution >= 0.6 is 0 Å². The molecule has 0 spiro atoms. The Morgan fingerprint density at radius 1 is 1.30 bits per heavy atom. The molecule has 0 aliphatic heterocycles. The molecule has 20 heavy (non-hydrogen) atoms. The number of hydrogen-bond donors (Lipinski definition) is 1. The van der Waals surface area contributed by atoms with Gasteiger partial charge in [-0.3, -0.25) is 9.59 Å². The number of rotatable bonds is 4. The van der Waals surface area contributed by atoms with Gasteiger partial charge in [-0.1, -0.05) is 12.5 Å². The van der Waals surface area contributed by atoms with Gasteiger partial charge in [-0.25, -0.2) is 8.78 Å². The lowest BCUT2D eigenvalue weighted by Crippen LogP contribution is -2.51. The van der Waals surface area contributed by atoms with E-state index in [-0.39, 0.29) is 5.56 Å². The van der Waals surface area contributed by atoms with Crippen LogP contribution in [0.2, 0.25) is 0 Å². The Morgan fingerprint density at radius 3 is 2.25 bits per heavy atom. The second-order valence-electron chi connectivity index (χ2n) is 5.09. The zero-order valence-electron chi connectivity index (χ0n) is 11.0. The first-order valence-corrected chi connectivity index (χ1v) is 6.30. The van der Waals surface area contributed by atoms with Gasteiger partial charge >= 0.3 is 5.97 Å². The van der Waals surface area contributed by atoms with Crippen LogP contribution in [-0.4, -0.2) is 35.5 Å². The molecule has 1 aliphatic rings. The van der Waals surface area contributed by atoms with Crippen LogP contribution in [0.1, 0.15) is 24.8 Å². The fourth-order valence-electron chi connectivity index (χ4n) is 2.70. The standard InChI is InChI=1S/C14H15F2NO3/c1-17(8-11(18)19)13(20)14(6-3-7-14)12-9(15)4-2-5-10(12)16/h2,4-5H,3,6-8H2,1H3,(H,18,19). The van der Waals surface area contributed by atoms with Crippen molar-refractivity contribution >= 4 is 11.9 Å². The molecule has 1 N–H and O–H groups in total. The molecule has 0 bridgehead atoms. The van der Waals surface area contributed by atoms with E-state index >= 15 is 0 Å². The summed E-state index contributed by atoms with van der Waals surface area (Å²) in [6, 6.07) is 3.47. The van der Waals surface area contributed by atoms with Crippen molar-refractivity contribution in [1.29, 1.82) is 0 Å². The SMILES string of the molecule is CN(CC(=O)O)C(=O)C1(c2c(F)cccc2F)CCC1. The van der Waals surface area contributed by atoms with Gasteiger partial charge in [0.25, 0.3) is 0 Å². The second-order valence-corrected chi connectivity index (χ2v) is 5.09. The lowest BCUT2D eigenvalue weighted by Gasteiger charge is -2.43. The van der Waals surface area contributed by atoms with Crippen LogP contribution in [0.15, 0.2) is 18.2 Å². The third kappa shape index (κ3) is 2.26. The average Bonchev–Trinajstić information content (AvgIpc) is 2.30. The van der Waals surface area contributed by atoms with Crippen LogP contribution < -0.4 is 0 Å². The van der Waals surface area contributed by atoms with Crippen LogP contribution in [0.4, 0.5) is 8.78 Å². The fourth-order valence-corrected chi connectivity index (χ4v) is 2.70. The minimum Gasteiger partial charge on any atom is -0.480 e. The van der Waals surface area contributed by atoms with Crippen molar-refractivity contribution in [2.45, 2.75) is 24.7 Å². The van der Waals surface area contributed by atoms with Gasteiger partial charge in [0, 0.05) is 12.6 Å². The minimum absolute atomic E-state index is 0.242. The van der Waals surface area contributed by atoms with Crippen molar-refractivity contribution in [2.75, 3.05) is 13.6 Å². The van der Waals surface area contributed by atoms with Gasteiger partial charge in [0.05, 0.1) is 5.41 Å². The highest BCUT2D eigenvalue weighted by atomic mass is 19.1. The molecule has 0 unspecified atom stereocenters. The van der Waals surface area contributed by atoms with E-state index in [0.29, 0.717) is 19.3 Å². The third-order valence-electron chi connectivity index (χ3n) is 3.78. The molecule has 1 amide bonds. The van der Waals surface area contributed by atoms with Crippen LogP contribution in [0.5, 0.6) is 0 Å². The number of hydrogen-bond acceptors (Lipinski definition) is 2. The fraction of sp³-hybridized carbons (Fsp3) is 0.429. The van der Waals surface area contributed by atoms with Gasteiger partial charge < -0.3 is 10.0 Å². The second kappa shape index (κ2) is 5.19. The van der Waals surface area contributed by atoms with Crippen molar-refractivity contribution in [3.05, 3.63) is 35.4 Å². The number of carbonyl (C=O) groups excluding carboxylic acids is 1. The number of benzene rings is 1. The normalized spacial score (nSPS) is 16.4. The van der Waals surface area contributed by atoms with Gasteiger partial charge in [0.15, 0.2) is 0 Å². The molecule has 2 rings (SSSR count). The van der Waals surface area contributed by atoms with Crippen molar-refractivity contribution in [1.82, 2.24) is 4.90 Å². The summed E-state index contributed by atoms with van der Waals surface area (Å²) >= 11 is 0. The Balaban J connectivity index is 2.39. The maximum atomic E-state index is 13.9. The molecule has 1 fully saturated rings. The number of halogens is 2. The zero-order chi connectivity index (χ0) is 14.9. The first-order chi connectivity index (χ1) is 9.38. The summed E-state index contributed by atoms with van der Waals surface area (Å²) in [5, 5.41) is 8.73. The Kier molecular flexibility index (Phi) is 3.74. The molecule has 1 aliphatic carbocycles. The summed E-state index contributed by atoms with van der Waals surface area (Å²) < 4.78 is 27.9. The number of carbonyl (C=O) groups is 2. The molecule has 6 heteroatoms. The first-order valence-electron chi connectivity index (χ1n) is 6.30. The smallest absolute Gasteiger partial charge is 0.323 e. The van der Waals surface area contributed by atoms with Gasteiger partial charge in [-0.05, 0) is 25.0 Å². The average molecular weight is 283 g/mol. The molecule has 4 nitrogen and oxygen atoms in total. The van der Waals surface area contributed by atoms with Crippen molar-refractivity contribution < 1.29 is 23.5 Å². The van der Waals surface area contributed by atoms with E-state index in [1.165, 1.54) is 13.1 Å². The van der Waals surface area contributed by atoms with Gasteiger partial charge in [0.1, 0.15) is 18.2 Å². The molecular weight excluding hydrogens is 268 g/mol. The van der Waals surface area contributed by atoms with E-state index in [1.54, 1.807) is 0 Å². The molecule has 1 aromatic carbocycles. The first kappa shape index (κ1) is 14.4. The number of nitrogens with zero attached hydrogens (tertiary/aromatic N) is 1. The van der Waals surface area contributed by atoms with Crippen molar-refractivity contribution in [3.8, 4) is 0 Å². The minimum atomic E-state index is -1.26. The quantitative estimate of drug-likeness (QED) is 0.918. The van der Waals surface area contributed by atoms with Crippen LogP contribution in [0.3, 0.4) is 0 Å². The lowest BCUT2D eigenvalue weighted by atomic mass is 9.63. The Labute approximate surface area is 115 Å². The van der Waals surface area contributed by atoms with Crippen molar-refractivity contribution in [2.24, 2.45) is 0 Å². The van der Waals surface area contributed by atoms with Crippen LogP contribution in [-0.2, 0) is 15.0 Å². The van der Waals surface area contributed by atoms with E-state index in [9.17, 15) is 18.4 Å². The number of carboxylic acids is 1. The largest absolute Gasteiger partial charge is 0.480 e. The number of amides is 1. The Morgan fingerprint density at radius 2 is 1.85 bits per heavy atom. The zero-order valence-corrected chi connectivity index (χ0v) is 11.0. The van der Waals surface area contributed by atoms with Crippen LogP contribution in [0, 0.1) is 11.6 Å². The molecule has 108 valence electrons. The Hall–Kier alpha value is -1.98. The van der Waals surface area contributed by atoms with Gasteiger partial charge in [-0.2, -0.15) is 0 Å². The molecule has 0 atom stereocenters. The molecule has 0 heterocycles. The summed E-state index contributed by atoms with van der Waals surface area (Å²) in [6.45, 7) is -0.489. The summed E-state index contributed by atoms with van der Waals surface area (Å²) in [4.78, 5) is 24.1. The number of carboxylic acid groups (broad SMARTS) is 1. The van der Waals surface area contributed by atoms with Gasteiger partial charge in [0.2, 0.25) is 5.91 Å². The third-order valence-corrected chi connectivity index (χ3v) is 3.78. The predicted molar refractivity (Wildman–Crippen MR) is 67.2 cm³/mol. The maximum Gasteiger partial charge on any atom is 0.323 e. The summed E-state index contributed by atoms with van der Waals surface area (Å²) in [6.07, 6.45) is 1.34. The van der Waals surface area contributed by atoms with E-state index in [4.69, 9.17) is 5.11 Å². The molecule has 1 aromatic rings. The van der Waals surface area contributed by atoms with Crippen LogP contribution in [0.25, 0.3) is 0 Å². The highest BCUT2D eigenvalue weighted by Crippen LogP contribution is 2.46. The Bertz CT molecular complexity index is 535. The number of likely N-dealkylation sites (N-methyl/N-ethyl adjacent to an activating group) is 1. The summed E-state index contributed by atoms with van der Waals surface area (Å²) in [5.74, 6) is -3.23. The molecule has 0 saturated heterocycles. The monoisotopic (exact) mass is 283 g/mol. The highest BCUT2D eigenvalue weighted by molar-refractivity contribution is 5.91. The summed E-state index contributed by atoms with van der Waals surface area (Å²) in [5.41, 5.74) is -1.51. The highest BCUT2D eigenvalue weighted by Gasteiger charge is 2.50. The van der Waals surface area contributed by atoms with Crippen molar-refractivity contribution in [3.63, 3.8) is 0 Å². The molecule has 1 saturated carbocycles. The van der Waals surface area contributed by atoms with E-state index in [1.807, 2.05) is 0 Å². The van der Waals surface area contributed by atoms with Gasteiger partial charge in [-0.15, -0.1) is 0 Å². The molecule has 0 radical (unpaired) electrons. The predicted octanol–water partition coefficient (Wildman–Crippen LogP) is 1.93.